The third kappa shape index (κ3) is 7.40. The molecule has 0 saturated carbocycles. The molecule has 6 heteroatoms. The largest absolute Gasteiger partial charge is 0.458 e. The number of aliphatic hydroxyl groups is 1. The Morgan fingerprint density at radius 3 is 2.14 bits per heavy atom. The molecule has 1 atom stereocenters. The molecule has 2 aromatic carbocycles. The molecule has 0 aliphatic carbocycles. The molecule has 150 valence electrons. The van der Waals surface area contributed by atoms with Gasteiger partial charge in [0.25, 0.3) is 0 Å². The molecule has 0 fully saturated rings. The van der Waals surface area contributed by atoms with Gasteiger partial charge >= 0.3 is 12.1 Å². The number of aliphatic hydroxyl groups excluding tert-OH is 1. The van der Waals surface area contributed by atoms with Gasteiger partial charge in [-0.15, -0.1) is 0 Å². The first-order valence-corrected chi connectivity index (χ1v) is 9.15. The summed E-state index contributed by atoms with van der Waals surface area (Å²) < 4.78 is 10.7. The van der Waals surface area contributed by atoms with Crippen LogP contribution in [0.2, 0.25) is 0 Å². The molecule has 2 N–H and O–H groups in total. The van der Waals surface area contributed by atoms with Crippen molar-refractivity contribution < 1.29 is 24.2 Å². The van der Waals surface area contributed by atoms with Crippen LogP contribution in [-0.4, -0.2) is 28.8 Å². The highest BCUT2D eigenvalue weighted by atomic mass is 16.6. The zero-order valence-corrected chi connectivity index (χ0v) is 16.5. The van der Waals surface area contributed by atoms with Crippen LogP contribution in [0.25, 0.3) is 0 Å². The predicted molar refractivity (Wildman–Crippen MR) is 105 cm³/mol. The fourth-order valence-electron chi connectivity index (χ4n) is 2.49. The van der Waals surface area contributed by atoms with E-state index in [1.807, 2.05) is 30.3 Å². The predicted octanol–water partition coefficient (Wildman–Crippen LogP) is 3.36. The first-order valence-electron chi connectivity index (χ1n) is 9.15. The number of hydrogen-bond acceptors (Lipinski definition) is 5. The van der Waals surface area contributed by atoms with E-state index in [4.69, 9.17) is 14.6 Å². The molecular formula is C22H27NO5. The van der Waals surface area contributed by atoms with Crippen molar-refractivity contribution in [2.24, 2.45) is 0 Å². The maximum atomic E-state index is 12.6. The van der Waals surface area contributed by atoms with Gasteiger partial charge in [0.1, 0.15) is 18.2 Å². The summed E-state index contributed by atoms with van der Waals surface area (Å²) in [6.07, 6.45) is -0.437. The fourth-order valence-corrected chi connectivity index (χ4v) is 2.49. The van der Waals surface area contributed by atoms with Crippen LogP contribution in [-0.2, 0) is 33.9 Å². The summed E-state index contributed by atoms with van der Waals surface area (Å²) in [6.45, 7) is 5.36. The van der Waals surface area contributed by atoms with Gasteiger partial charge in [0.15, 0.2) is 0 Å². The quantitative estimate of drug-likeness (QED) is 0.714. The van der Waals surface area contributed by atoms with Crippen molar-refractivity contribution in [1.29, 1.82) is 0 Å². The molecule has 0 heterocycles. The summed E-state index contributed by atoms with van der Waals surface area (Å²) in [6, 6.07) is 15.6. The van der Waals surface area contributed by atoms with Crippen LogP contribution in [0.5, 0.6) is 0 Å². The average molecular weight is 385 g/mol. The lowest BCUT2D eigenvalue weighted by atomic mass is 10.0. The molecule has 2 rings (SSSR count). The van der Waals surface area contributed by atoms with Crippen molar-refractivity contribution in [2.75, 3.05) is 0 Å². The average Bonchev–Trinajstić information content (AvgIpc) is 2.66. The van der Waals surface area contributed by atoms with Gasteiger partial charge in [-0.2, -0.15) is 0 Å². The van der Waals surface area contributed by atoms with Crippen LogP contribution in [0, 0.1) is 0 Å². The fraction of sp³-hybridized carbons (Fsp3) is 0.364. The zero-order valence-electron chi connectivity index (χ0n) is 16.5. The Hall–Kier alpha value is -2.86. The molecule has 0 radical (unpaired) electrons. The molecule has 0 aliphatic rings. The Labute approximate surface area is 165 Å². The molecule has 0 unspecified atom stereocenters. The standard InChI is InChI=1S/C22H27NO5/c1-22(2,3)28-20(25)19(13-16-9-11-17(14-24)12-10-16)23-21(26)27-15-18-7-5-4-6-8-18/h4-12,19,24H,13-15H2,1-3H3,(H,23,26)/t19-/m0/s1. The minimum absolute atomic E-state index is 0.0557. The van der Waals surface area contributed by atoms with E-state index in [0.717, 1.165) is 16.7 Å². The van der Waals surface area contributed by atoms with Gasteiger partial charge in [-0.3, -0.25) is 0 Å². The van der Waals surface area contributed by atoms with Crippen molar-refractivity contribution in [1.82, 2.24) is 5.32 Å². The molecule has 28 heavy (non-hydrogen) atoms. The lowest BCUT2D eigenvalue weighted by molar-refractivity contribution is -0.157. The number of nitrogens with one attached hydrogen (secondary N) is 1. The van der Waals surface area contributed by atoms with Gasteiger partial charge in [-0.1, -0.05) is 54.6 Å². The van der Waals surface area contributed by atoms with E-state index in [0.29, 0.717) is 0 Å². The number of alkyl carbamates (subject to hydrolysis) is 1. The molecule has 0 bridgehead atoms. The first-order chi connectivity index (χ1) is 13.3. The lowest BCUT2D eigenvalue weighted by Crippen LogP contribution is -2.45. The van der Waals surface area contributed by atoms with E-state index in [1.165, 1.54) is 0 Å². The molecule has 0 aliphatic heterocycles. The van der Waals surface area contributed by atoms with E-state index in [-0.39, 0.29) is 19.6 Å². The molecule has 0 spiro atoms. The first kappa shape index (κ1) is 21.4. The van der Waals surface area contributed by atoms with E-state index in [1.54, 1.807) is 45.0 Å². The van der Waals surface area contributed by atoms with Crippen molar-refractivity contribution in [3.8, 4) is 0 Å². The zero-order chi connectivity index (χ0) is 20.6. The minimum atomic E-state index is -0.887. The van der Waals surface area contributed by atoms with Crippen LogP contribution >= 0.6 is 0 Å². The van der Waals surface area contributed by atoms with Crippen molar-refractivity contribution in [3.05, 3.63) is 71.3 Å². The summed E-state index contributed by atoms with van der Waals surface area (Å²) in [7, 11) is 0. The summed E-state index contributed by atoms with van der Waals surface area (Å²) in [5, 5.41) is 11.8. The van der Waals surface area contributed by atoms with Crippen LogP contribution in [0.4, 0.5) is 4.79 Å². The number of hydrogen-bond donors (Lipinski definition) is 2. The van der Waals surface area contributed by atoms with Crippen LogP contribution in [0.15, 0.2) is 54.6 Å². The lowest BCUT2D eigenvalue weighted by Gasteiger charge is -2.24. The van der Waals surface area contributed by atoms with E-state index < -0.39 is 23.7 Å². The van der Waals surface area contributed by atoms with Gasteiger partial charge in [-0.05, 0) is 37.5 Å². The summed E-state index contributed by atoms with van der Waals surface area (Å²) in [4.78, 5) is 24.8. The number of benzene rings is 2. The Kier molecular flexibility index (Phi) is 7.58. The molecule has 0 saturated heterocycles. The minimum Gasteiger partial charge on any atom is -0.458 e. The second-order valence-electron chi connectivity index (χ2n) is 7.47. The molecule has 1 amide bonds. The summed E-state index contributed by atoms with van der Waals surface area (Å²) in [5.74, 6) is -0.532. The number of carbonyl (C=O) groups is 2. The SMILES string of the molecule is CC(C)(C)OC(=O)[C@H](Cc1ccc(CO)cc1)NC(=O)OCc1ccccc1. The Balaban J connectivity index is 2.03. The summed E-state index contributed by atoms with van der Waals surface area (Å²) in [5.41, 5.74) is 1.78. The van der Waals surface area contributed by atoms with Gasteiger partial charge in [0, 0.05) is 6.42 Å². The second-order valence-corrected chi connectivity index (χ2v) is 7.47. The highest BCUT2D eigenvalue weighted by molar-refractivity contribution is 5.82. The summed E-state index contributed by atoms with van der Waals surface area (Å²) >= 11 is 0. The normalized spacial score (nSPS) is 12.1. The molecule has 6 nitrogen and oxygen atoms in total. The molecular weight excluding hydrogens is 358 g/mol. The van der Waals surface area contributed by atoms with Crippen molar-refractivity contribution in [3.63, 3.8) is 0 Å². The monoisotopic (exact) mass is 385 g/mol. The molecule has 0 aromatic heterocycles. The number of amides is 1. The topological polar surface area (TPSA) is 84.9 Å². The van der Waals surface area contributed by atoms with Gasteiger partial charge in [0.2, 0.25) is 0 Å². The third-order valence-electron chi connectivity index (χ3n) is 3.84. The van der Waals surface area contributed by atoms with Gasteiger partial charge in [-0.25, -0.2) is 9.59 Å². The Morgan fingerprint density at radius 2 is 1.57 bits per heavy atom. The second kappa shape index (κ2) is 9.90. The van der Waals surface area contributed by atoms with Crippen LogP contribution < -0.4 is 5.32 Å². The highest BCUT2D eigenvalue weighted by Crippen LogP contribution is 2.13. The highest BCUT2D eigenvalue weighted by Gasteiger charge is 2.27. The van der Waals surface area contributed by atoms with Gasteiger partial charge < -0.3 is 19.9 Å². The maximum Gasteiger partial charge on any atom is 0.408 e. The number of carbonyl (C=O) groups excluding carboxylic acids is 2. The maximum absolute atomic E-state index is 12.6. The van der Waals surface area contributed by atoms with Crippen LogP contribution in [0.3, 0.4) is 0 Å². The third-order valence-corrected chi connectivity index (χ3v) is 3.84. The smallest absolute Gasteiger partial charge is 0.408 e. The number of esters is 1. The van der Waals surface area contributed by atoms with Crippen molar-refractivity contribution in [2.45, 2.75) is 52.0 Å². The Morgan fingerprint density at radius 1 is 0.964 bits per heavy atom. The van der Waals surface area contributed by atoms with E-state index >= 15 is 0 Å². The van der Waals surface area contributed by atoms with Gasteiger partial charge in [0.05, 0.1) is 6.61 Å². The molecule has 2 aromatic rings. The van der Waals surface area contributed by atoms with E-state index in [9.17, 15) is 9.59 Å². The Bertz CT molecular complexity index is 766. The van der Waals surface area contributed by atoms with E-state index in [2.05, 4.69) is 5.32 Å². The van der Waals surface area contributed by atoms with Crippen molar-refractivity contribution >= 4 is 12.1 Å². The number of rotatable bonds is 7. The number of ether oxygens (including phenoxy) is 2. The van der Waals surface area contributed by atoms with Crippen LogP contribution in [0.1, 0.15) is 37.5 Å².